The molecule has 1 unspecified atom stereocenters. The molecule has 1 aromatic carbocycles. The topological polar surface area (TPSA) is 15.3 Å². The van der Waals surface area contributed by atoms with Gasteiger partial charge in [-0.05, 0) is 70.2 Å². The van der Waals surface area contributed by atoms with Gasteiger partial charge in [0.15, 0.2) is 0 Å². The predicted molar refractivity (Wildman–Crippen MR) is 75.5 cm³/mol. The summed E-state index contributed by atoms with van der Waals surface area (Å²) in [6.07, 6.45) is 2.07. The standard InChI is InChI=1S/C15H25FN2/c1-5-17-15(8-9-18(3)4)11-13-6-7-14(16)10-12(13)2/h6-7,10,15,17H,5,8-9,11H2,1-4H3. The van der Waals surface area contributed by atoms with E-state index in [2.05, 4.69) is 31.2 Å². The van der Waals surface area contributed by atoms with Crippen molar-refractivity contribution < 1.29 is 4.39 Å². The van der Waals surface area contributed by atoms with E-state index in [1.807, 2.05) is 13.0 Å². The van der Waals surface area contributed by atoms with Gasteiger partial charge in [0.2, 0.25) is 0 Å². The zero-order valence-corrected chi connectivity index (χ0v) is 12.0. The molecule has 1 N–H and O–H groups in total. The second-order valence-electron chi connectivity index (χ2n) is 5.12. The van der Waals surface area contributed by atoms with Gasteiger partial charge in [-0.1, -0.05) is 13.0 Å². The molecule has 0 amide bonds. The van der Waals surface area contributed by atoms with E-state index in [1.165, 1.54) is 5.56 Å². The molecule has 0 bridgehead atoms. The summed E-state index contributed by atoms with van der Waals surface area (Å²) in [7, 11) is 4.18. The van der Waals surface area contributed by atoms with Crippen LogP contribution in [0.4, 0.5) is 4.39 Å². The fourth-order valence-electron chi connectivity index (χ4n) is 2.13. The van der Waals surface area contributed by atoms with Crippen LogP contribution < -0.4 is 5.32 Å². The Balaban J connectivity index is 2.64. The third kappa shape index (κ3) is 5.15. The van der Waals surface area contributed by atoms with Gasteiger partial charge in [0, 0.05) is 6.04 Å². The number of rotatable bonds is 7. The van der Waals surface area contributed by atoms with Crippen molar-refractivity contribution in [1.82, 2.24) is 10.2 Å². The van der Waals surface area contributed by atoms with Gasteiger partial charge in [-0.3, -0.25) is 0 Å². The second kappa shape index (κ2) is 7.49. The molecular weight excluding hydrogens is 227 g/mol. The van der Waals surface area contributed by atoms with E-state index in [0.717, 1.165) is 31.5 Å². The van der Waals surface area contributed by atoms with Crippen molar-refractivity contribution in [2.24, 2.45) is 0 Å². The molecule has 1 atom stereocenters. The summed E-state index contributed by atoms with van der Waals surface area (Å²) < 4.78 is 13.1. The van der Waals surface area contributed by atoms with Crippen molar-refractivity contribution in [3.63, 3.8) is 0 Å². The summed E-state index contributed by atoms with van der Waals surface area (Å²) in [6.45, 7) is 6.14. The highest BCUT2D eigenvalue weighted by molar-refractivity contribution is 5.27. The first kappa shape index (κ1) is 15.1. The van der Waals surface area contributed by atoms with Crippen LogP contribution in [-0.4, -0.2) is 38.1 Å². The van der Waals surface area contributed by atoms with Crippen LogP contribution in [0, 0.1) is 12.7 Å². The molecule has 3 heteroatoms. The van der Waals surface area contributed by atoms with Gasteiger partial charge in [0.25, 0.3) is 0 Å². The molecule has 0 heterocycles. The maximum atomic E-state index is 13.1. The number of benzene rings is 1. The van der Waals surface area contributed by atoms with Crippen LogP contribution in [0.25, 0.3) is 0 Å². The average Bonchev–Trinajstić information content (AvgIpc) is 2.29. The van der Waals surface area contributed by atoms with Crippen LogP contribution in [0.15, 0.2) is 18.2 Å². The highest BCUT2D eigenvalue weighted by Gasteiger charge is 2.10. The van der Waals surface area contributed by atoms with E-state index in [1.54, 1.807) is 12.1 Å². The van der Waals surface area contributed by atoms with E-state index in [4.69, 9.17) is 0 Å². The smallest absolute Gasteiger partial charge is 0.123 e. The van der Waals surface area contributed by atoms with Crippen LogP contribution in [0.3, 0.4) is 0 Å². The summed E-state index contributed by atoms with van der Waals surface area (Å²) >= 11 is 0. The number of halogens is 1. The Morgan fingerprint density at radius 1 is 1.33 bits per heavy atom. The molecule has 102 valence electrons. The van der Waals surface area contributed by atoms with Gasteiger partial charge in [0.1, 0.15) is 5.82 Å². The maximum Gasteiger partial charge on any atom is 0.123 e. The van der Waals surface area contributed by atoms with E-state index in [0.29, 0.717) is 6.04 Å². The van der Waals surface area contributed by atoms with Gasteiger partial charge >= 0.3 is 0 Å². The molecule has 0 saturated carbocycles. The Labute approximate surface area is 110 Å². The molecule has 0 fully saturated rings. The fourth-order valence-corrected chi connectivity index (χ4v) is 2.13. The molecule has 2 nitrogen and oxygen atoms in total. The van der Waals surface area contributed by atoms with Crippen LogP contribution >= 0.6 is 0 Å². The lowest BCUT2D eigenvalue weighted by Crippen LogP contribution is -2.34. The summed E-state index contributed by atoms with van der Waals surface area (Å²) in [5.74, 6) is -0.149. The van der Waals surface area contributed by atoms with Gasteiger partial charge in [-0.2, -0.15) is 0 Å². The van der Waals surface area contributed by atoms with E-state index < -0.39 is 0 Å². The SMILES string of the molecule is CCNC(CCN(C)C)Cc1ccc(F)cc1C. The van der Waals surface area contributed by atoms with Gasteiger partial charge in [-0.25, -0.2) is 4.39 Å². The Morgan fingerprint density at radius 3 is 2.61 bits per heavy atom. The molecule has 0 aliphatic carbocycles. The quantitative estimate of drug-likeness (QED) is 0.802. The van der Waals surface area contributed by atoms with Gasteiger partial charge in [-0.15, -0.1) is 0 Å². The number of likely N-dealkylation sites (N-methyl/N-ethyl adjacent to an activating group) is 1. The minimum absolute atomic E-state index is 0.149. The largest absolute Gasteiger partial charge is 0.314 e. The molecule has 18 heavy (non-hydrogen) atoms. The average molecular weight is 252 g/mol. The van der Waals surface area contributed by atoms with Crippen molar-refractivity contribution in [3.8, 4) is 0 Å². The number of nitrogens with zero attached hydrogens (tertiary/aromatic N) is 1. The lowest BCUT2D eigenvalue weighted by molar-refractivity contribution is 0.358. The molecule has 0 aliphatic heterocycles. The van der Waals surface area contributed by atoms with E-state index in [9.17, 15) is 4.39 Å². The van der Waals surface area contributed by atoms with Crippen molar-refractivity contribution in [3.05, 3.63) is 35.1 Å². The maximum absolute atomic E-state index is 13.1. The summed E-state index contributed by atoms with van der Waals surface area (Å²) in [6, 6.07) is 5.54. The van der Waals surface area contributed by atoms with Gasteiger partial charge in [0.05, 0.1) is 0 Å². The minimum atomic E-state index is -0.149. The van der Waals surface area contributed by atoms with Crippen molar-refractivity contribution >= 4 is 0 Å². The first-order chi connectivity index (χ1) is 8.52. The minimum Gasteiger partial charge on any atom is -0.314 e. The van der Waals surface area contributed by atoms with Crippen LogP contribution in [0.1, 0.15) is 24.5 Å². The molecule has 1 rings (SSSR count). The Kier molecular flexibility index (Phi) is 6.30. The third-order valence-corrected chi connectivity index (χ3v) is 3.19. The van der Waals surface area contributed by atoms with Crippen molar-refractivity contribution in [2.75, 3.05) is 27.2 Å². The number of hydrogen-bond acceptors (Lipinski definition) is 2. The zero-order valence-electron chi connectivity index (χ0n) is 12.0. The van der Waals surface area contributed by atoms with Crippen LogP contribution in [-0.2, 0) is 6.42 Å². The summed E-state index contributed by atoms with van der Waals surface area (Å²) in [5, 5.41) is 3.51. The highest BCUT2D eigenvalue weighted by atomic mass is 19.1. The Morgan fingerprint density at radius 2 is 2.06 bits per heavy atom. The molecule has 0 radical (unpaired) electrons. The Hall–Kier alpha value is -0.930. The molecule has 1 aromatic rings. The van der Waals surface area contributed by atoms with E-state index in [-0.39, 0.29) is 5.82 Å². The van der Waals surface area contributed by atoms with Crippen LogP contribution in [0.2, 0.25) is 0 Å². The fraction of sp³-hybridized carbons (Fsp3) is 0.600. The normalized spacial score (nSPS) is 13.0. The van der Waals surface area contributed by atoms with Crippen molar-refractivity contribution in [1.29, 1.82) is 0 Å². The third-order valence-electron chi connectivity index (χ3n) is 3.19. The first-order valence-corrected chi connectivity index (χ1v) is 6.66. The van der Waals surface area contributed by atoms with Gasteiger partial charge < -0.3 is 10.2 Å². The number of hydrogen-bond donors (Lipinski definition) is 1. The lowest BCUT2D eigenvalue weighted by Gasteiger charge is -2.21. The number of nitrogens with one attached hydrogen (secondary N) is 1. The van der Waals surface area contributed by atoms with E-state index >= 15 is 0 Å². The summed E-state index contributed by atoms with van der Waals surface area (Å²) in [5.41, 5.74) is 2.28. The molecular formula is C15H25FN2. The summed E-state index contributed by atoms with van der Waals surface area (Å²) in [4.78, 5) is 2.20. The predicted octanol–water partition coefficient (Wildman–Crippen LogP) is 2.61. The second-order valence-corrected chi connectivity index (χ2v) is 5.12. The lowest BCUT2D eigenvalue weighted by atomic mass is 9.99. The highest BCUT2D eigenvalue weighted by Crippen LogP contribution is 2.13. The van der Waals surface area contributed by atoms with Crippen molar-refractivity contribution in [2.45, 2.75) is 32.7 Å². The first-order valence-electron chi connectivity index (χ1n) is 6.66. The number of aryl methyl sites for hydroxylation is 1. The van der Waals surface area contributed by atoms with Crippen LogP contribution in [0.5, 0.6) is 0 Å². The molecule has 0 aliphatic rings. The Bertz CT molecular complexity index is 364. The molecule has 0 spiro atoms. The molecule has 0 aromatic heterocycles. The molecule has 0 saturated heterocycles. The monoisotopic (exact) mass is 252 g/mol. The zero-order chi connectivity index (χ0) is 13.5.